The molecule has 1 aliphatic heterocycles. The fourth-order valence-electron chi connectivity index (χ4n) is 3.44. The second kappa shape index (κ2) is 7.75. The van der Waals surface area contributed by atoms with E-state index in [4.69, 9.17) is 16.1 Å². The van der Waals surface area contributed by atoms with Crippen molar-refractivity contribution in [2.24, 2.45) is 5.92 Å². The number of hydrogen-bond acceptors (Lipinski definition) is 5. The van der Waals surface area contributed by atoms with E-state index in [2.05, 4.69) is 10.1 Å². The Morgan fingerprint density at radius 1 is 1.28 bits per heavy atom. The molecule has 0 saturated carbocycles. The monoisotopic (exact) mass is 411 g/mol. The average Bonchev–Trinajstić information content (AvgIpc) is 3.19. The van der Waals surface area contributed by atoms with E-state index in [1.807, 2.05) is 32.1 Å². The van der Waals surface area contributed by atoms with Gasteiger partial charge in [0.2, 0.25) is 5.82 Å². The van der Waals surface area contributed by atoms with Gasteiger partial charge >= 0.3 is 11.9 Å². The fourth-order valence-corrected chi connectivity index (χ4v) is 3.66. The number of hydrogen-bond donors (Lipinski definition) is 0. The summed E-state index contributed by atoms with van der Waals surface area (Å²) >= 11 is 6.21. The van der Waals surface area contributed by atoms with Gasteiger partial charge in [-0.2, -0.15) is 19.3 Å². The Hall–Kier alpha value is -3.06. The molecule has 0 spiro atoms. The highest BCUT2D eigenvalue weighted by molar-refractivity contribution is 6.33. The summed E-state index contributed by atoms with van der Waals surface area (Å²) in [6.07, 6.45) is 7.87. The van der Waals surface area contributed by atoms with E-state index >= 15 is 0 Å². The highest BCUT2D eigenvalue weighted by Gasteiger charge is 2.48. The minimum Gasteiger partial charge on any atom is -0.335 e. The lowest BCUT2D eigenvalue weighted by molar-refractivity contribution is -0.461. The molecule has 0 N–H and O–H groups in total. The van der Waals surface area contributed by atoms with Crippen molar-refractivity contribution in [3.8, 4) is 11.4 Å². The van der Waals surface area contributed by atoms with Crippen molar-refractivity contribution in [1.29, 1.82) is 0 Å². The van der Waals surface area contributed by atoms with Crippen LogP contribution in [0, 0.1) is 5.92 Å². The van der Waals surface area contributed by atoms with E-state index in [-0.39, 0.29) is 30.4 Å². The van der Waals surface area contributed by atoms with Crippen LogP contribution in [-0.4, -0.2) is 43.3 Å². The van der Waals surface area contributed by atoms with Gasteiger partial charge in [0.25, 0.3) is 5.89 Å². The number of allylic oxidation sites excluding steroid dienone is 3. The summed E-state index contributed by atoms with van der Waals surface area (Å²) in [7, 11) is 0. The molecule has 1 aromatic carbocycles. The standard InChI is InChI=1S/C21H20ClN4O3/c1-3-13(2)26-20(27)15-9-5-7-11-17(15)25(21(26)28)12-18-23-19(24-29-18)14-8-4-6-10-16(14)22/h4-11,13,15H,3,12H2,1-2H3/q+1. The topological polar surface area (TPSA) is 79.3 Å². The van der Waals surface area contributed by atoms with E-state index in [1.54, 1.807) is 30.4 Å². The predicted octanol–water partition coefficient (Wildman–Crippen LogP) is 3.85. The summed E-state index contributed by atoms with van der Waals surface area (Å²) in [6.45, 7) is 3.88. The van der Waals surface area contributed by atoms with Crippen molar-refractivity contribution < 1.29 is 18.7 Å². The molecular weight excluding hydrogens is 392 g/mol. The lowest BCUT2D eigenvalue weighted by Gasteiger charge is -2.29. The number of carbonyl (C=O) groups excluding carboxylic acids is 2. The molecule has 7 nitrogen and oxygen atoms in total. The smallest absolute Gasteiger partial charge is 0.335 e. The van der Waals surface area contributed by atoms with Gasteiger partial charge in [-0.05, 0) is 31.6 Å². The maximum absolute atomic E-state index is 13.2. The van der Waals surface area contributed by atoms with Crippen LogP contribution in [0.15, 0.2) is 53.1 Å². The first kappa shape index (κ1) is 19.3. The van der Waals surface area contributed by atoms with Crippen molar-refractivity contribution in [3.05, 3.63) is 59.5 Å². The van der Waals surface area contributed by atoms with Crippen LogP contribution in [0.2, 0.25) is 5.02 Å². The second-order valence-corrected chi connectivity index (χ2v) is 7.38. The number of imide groups is 1. The highest BCUT2D eigenvalue weighted by Crippen LogP contribution is 2.26. The SMILES string of the molecule is CCC(C)N1C(=O)C2C=CC=CC2=[N+](Cc2nc(-c3ccccc3Cl)no2)C1=O. The third-order valence-electron chi connectivity index (χ3n) is 5.16. The van der Waals surface area contributed by atoms with Gasteiger partial charge in [-0.1, -0.05) is 54.0 Å². The zero-order valence-corrected chi connectivity index (χ0v) is 16.8. The van der Waals surface area contributed by atoms with Crippen LogP contribution < -0.4 is 0 Å². The Morgan fingerprint density at radius 2 is 2.07 bits per heavy atom. The number of nitrogens with zero attached hydrogens (tertiary/aromatic N) is 4. The van der Waals surface area contributed by atoms with E-state index in [0.29, 0.717) is 28.5 Å². The van der Waals surface area contributed by atoms with Crippen LogP contribution in [-0.2, 0) is 11.3 Å². The van der Waals surface area contributed by atoms with Crippen LogP contribution in [0.4, 0.5) is 4.79 Å². The molecule has 0 radical (unpaired) electrons. The van der Waals surface area contributed by atoms with Gasteiger partial charge in [0.15, 0.2) is 6.54 Å². The molecule has 29 heavy (non-hydrogen) atoms. The van der Waals surface area contributed by atoms with E-state index < -0.39 is 5.92 Å². The van der Waals surface area contributed by atoms with Gasteiger partial charge in [-0.25, -0.2) is 4.79 Å². The summed E-state index contributed by atoms with van der Waals surface area (Å²) in [5.74, 6) is -0.0948. The van der Waals surface area contributed by atoms with Crippen molar-refractivity contribution in [3.63, 3.8) is 0 Å². The minimum atomic E-state index is -0.502. The van der Waals surface area contributed by atoms with Crippen LogP contribution in [0.3, 0.4) is 0 Å². The first-order valence-electron chi connectivity index (χ1n) is 9.45. The number of aromatic nitrogens is 2. The first-order chi connectivity index (χ1) is 14.0. The van der Waals surface area contributed by atoms with Crippen LogP contribution in [0.5, 0.6) is 0 Å². The normalized spacial score (nSPS) is 19.7. The molecular formula is C21H20ClN4O3+. The molecule has 4 rings (SSSR count). The van der Waals surface area contributed by atoms with Gasteiger partial charge in [-0.15, -0.1) is 0 Å². The number of carbonyl (C=O) groups is 2. The summed E-state index contributed by atoms with van der Waals surface area (Å²) in [6, 6.07) is 6.61. The van der Waals surface area contributed by atoms with Gasteiger partial charge < -0.3 is 4.52 Å². The van der Waals surface area contributed by atoms with Crippen LogP contribution in [0.25, 0.3) is 11.4 Å². The lowest BCUT2D eigenvalue weighted by Crippen LogP contribution is -2.56. The average molecular weight is 412 g/mol. The molecule has 148 valence electrons. The Bertz CT molecular complexity index is 1070. The predicted molar refractivity (Wildman–Crippen MR) is 107 cm³/mol. The van der Waals surface area contributed by atoms with Crippen molar-refractivity contribution in [2.45, 2.75) is 32.9 Å². The molecule has 0 bridgehead atoms. The lowest BCUT2D eigenvalue weighted by atomic mass is 9.93. The molecule has 2 aliphatic rings. The molecule has 0 saturated heterocycles. The van der Waals surface area contributed by atoms with E-state index in [9.17, 15) is 9.59 Å². The van der Waals surface area contributed by atoms with E-state index in [1.165, 1.54) is 9.48 Å². The largest absolute Gasteiger partial charge is 0.501 e. The Labute approximate surface area is 173 Å². The van der Waals surface area contributed by atoms with Crippen LogP contribution >= 0.6 is 11.6 Å². The Kier molecular flexibility index (Phi) is 5.15. The summed E-state index contributed by atoms with van der Waals surface area (Å²) < 4.78 is 6.91. The first-order valence-corrected chi connectivity index (χ1v) is 9.82. The quantitative estimate of drug-likeness (QED) is 0.698. The van der Waals surface area contributed by atoms with Gasteiger partial charge in [-0.3, -0.25) is 0 Å². The zero-order valence-electron chi connectivity index (χ0n) is 16.1. The summed E-state index contributed by atoms with van der Waals surface area (Å²) in [5.41, 5.74) is 1.26. The number of rotatable bonds is 5. The molecule has 2 unspecified atom stereocenters. The third kappa shape index (κ3) is 3.42. The Morgan fingerprint density at radius 3 is 2.83 bits per heavy atom. The number of halogens is 1. The number of amides is 3. The maximum Gasteiger partial charge on any atom is 0.501 e. The number of urea groups is 1. The molecule has 2 aromatic rings. The number of fused-ring (bicyclic) bond motifs is 1. The van der Waals surface area contributed by atoms with Gasteiger partial charge in [0.05, 0.1) is 5.02 Å². The fraction of sp³-hybridized carbons (Fsp3) is 0.286. The van der Waals surface area contributed by atoms with E-state index in [0.717, 1.165) is 0 Å². The summed E-state index contributed by atoms with van der Waals surface area (Å²) in [5, 5.41) is 4.51. The van der Waals surface area contributed by atoms with Crippen LogP contribution in [0.1, 0.15) is 26.2 Å². The number of benzene rings is 1. The molecule has 2 atom stereocenters. The molecule has 8 heteroatoms. The minimum absolute atomic E-state index is 0.0700. The second-order valence-electron chi connectivity index (χ2n) is 6.97. The molecule has 1 aromatic heterocycles. The van der Waals surface area contributed by atoms with Gasteiger partial charge in [0.1, 0.15) is 17.7 Å². The van der Waals surface area contributed by atoms with Crippen molar-refractivity contribution >= 4 is 29.3 Å². The van der Waals surface area contributed by atoms with Crippen molar-refractivity contribution in [1.82, 2.24) is 15.0 Å². The molecule has 1 aliphatic carbocycles. The van der Waals surface area contributed by atoms with Crippen molar-refractivity contribution in [2.75, 3.05) is 0 Å². The molecule has 0 fully saturated rings. The summed E-state index contributed by atoms with van der Waals surface area (Å²) in [4.78, 5) is 31.8. The zero-order chi connectivity index (χ0) is 20.5. The Balaban J connectivity index is 1.71. The molecule has 2 heterocycles. The third-order valence-corrected chi connectivity index (χ3v) is 5.49. The van der Waals surface area contributed by atoms with Gasteiger partial charge in [0, 0.05) is 5.56 Å². The molecule has 3 amide bonds. The maximum atomic E-state index is 13.2. The highest BCUT2D eigenvalue weighted by atomic mass is 35.5.